The molecule has 1 aromatic carbocycles. The Labute approximate surface area is 159 Å². The molecule has 0 bridgehead atoms. The fourth-order valence-electron chi connectivity index (χ4n) is 2.57. The van der Waals surface area contributed by atoms with Crippen LogP contribution in [-0.4, -0.2) is 9.67 Å². The molecule has 3 aromatic rings. The van der Waals surface area contributed by atoms with E-state index in [9.17, 15) is 15.2 Å². The van der Waals surface area contributed by atoms with Crippen molar-refractivity contribution < 1.29 is 9.52 Å². The van der Waals surface area contributed by atoms with Crippen molar-refractivity contribution in [3.63, 3.8) is 0 Å². The molecule has 0 aliphatic rings. The fraction of sp³-hybridized carbons (Fsp3) is 0.158. The van der Waals surface area contributed by atoms with E-state index in [4.69, 9.17) is 16.0 Å². The topological polar surface area (TPSA) is 104 Å². The lowest BCUT2D eigenvalue weighted by Crippen LogP contribution is -2.22. The predicted molar refractivity (Wildman–Crippen MR) is 100.0 cm³/mol. The van der Waals surface area contributed by atoms with Crippen molar-refractivity contribution in [1.29, 1.82) is 5.26 Å². The minimum atomic E-state index is -0.580. The van der Waals surface area contributed by atoms with Gasteiger partial charge in [0.2, 0.25) is 5.88 Å². The van der Waals surface area contributed by atoms with Gasteiger partial charge in [0.05, 0.1) is 18.5 Å². The van der Waals surface area contributed by atoms with E-state index in [-0.39, 0.29) is 23.4 Å². The summed E-state index contributed by atoms with van der Waals surface area (Å²) < 4.78 is 6.26. The molecule has 3 rings (SSSR count). The third-order valence-corrected chi connectivity index (χ3v) is 4.57. The molecule has 0 fully saturated rings. The van der Waals surface area contributed by atoms with Crippen LogP contribution >= 0.6 is 11.6 Å². The number of halogens is 1. The molecule has 0 unspecified atom stereocenters. The van der Waals surface area contributed by atoms with Crippen LogP contribution in [0.2, 0.25) is 5.02 Å². The lowest BCUT2D eigenvalue weighted by Gasteiger charge is -2.12. The van der Waals surface area contributed by atoms with Gasteiger partial charge in [-0.25, -0.2) is 0 Å². The van der Waals surface area contributed by atoms with Crippen molar-refractivity contribution in [1.82, 2.24) is 4.57 Å². The second-order valence-corrected chi connectivity index (χ2v) is 6.25. The van der Waals surface area contributed by atoms with E-state index in [0.717, 1.165) is 10.1 Å². The van der Waals surface area contributed by atoms with Crippen molar-refractivity contribution in [2.24, 2.45) is 10.2 Å². The number of hydrogen-bond acceptors (Lipinski definition) is 6. The molecule has 2 heterocycles. The Morgan fingerprint density at radius 1 is 1.22 bits per heavy atom. The minimum absolute atomic E-state index is 0.0321. The van der Waals surface area contributed by atoms with Crippen LogP contribution in [0.25, 0.3) is 0 Å². The fourth-order valence-corrected chi connectivity index (χ4v) is 2.74. The predicted octanol–water partition coefficient (Wildman–Crippen LogP) is 4.75. The van der Waals surface area contributed by atoms with Crippen LogP contribution in [0.1, 0.15) is 22.5 Å². The number of aromatic nitrogens is 1. The maximum absolute atomic E-state index is 12.9. The molecule has 136 valence electrons. The number of aromatic hydroxyl groups is 1. The van der Waals surface area contributed by atoms with E-state index in [1.165, 1.54) is 13.2 Å². The summed E-state index contributed by atoms with van der Waals surface area (Å²) in [7, 11) is 0. The van der Waals surface area contributed by atoms with Crippen LogP contribution in [0.3, 0.4) is 0 Å². The molecule has 8 heteroatoms. The molecule has 0 radical (unpaired) electrons. The molecule has 0 saturated carbocycles. The van der Waals surface area contributed by atoms with Crippen LogP contribution in [0.5, 0.6) is 5.88 Å². The van der Waals surface area contributed by atoms with Crippen LogP contribution in [0, 0.1) is 25.2 Å². The molecule has 0 amide bonds. The van der Waals surface area contributed by atoms with Crippen molar-refractivity contribution in [2.45, 2.75) is 20.4 Å². The first-order valence-electron chi connectivity index (χ1n) is 7.99. The zero-order valence-electron chi connectivity index (χ0n) is 14.6. The number of pyridine rings is 1. The van der Waals surface area contributed by atoms with E-state index in [1.54, 1.807) is 37.3 Å². The average Bonchev–Trinajstić information content (AvgIpc) is 3.15. The highest BCUT2D eigenvalue weighted by Crippen LogP contribution is 2.30. The highest BCUT2D eigenvalue weighted by atomic mass is 35.5. The maximum Gasteiger partial charge on any atom is 0.281 e. The lowest BCUT2D eigenvalue weighted by atomic mass is 10.1. The first-order valence-corrected chi connectivity index (χ1v) is 8.37. The first kappa shape index (κ1) is 18.4. The normalized spacial score (nSPS) is 11.0. The Morgan fingerprint density at radius 3 is 2.67 bits per heavy atom. The van der Waals surface area contributed by atoms with Gasteiger partial charge in [-0.05, 0) is 43.7 Å². The molecule has 1 N–H and O–H groups in total. The standard InChI is InChI=1S/C19H15ClN4O3/c1-11-14(9-21)18(25)24(10-13-5-4-8-27-13)19(26)17(11)23-22-16-7-3-6-15(20)12(16)2/h3-8,25H,10H2,1-2H3. The quantitative estimate of drug-likeness (QED) is 0.657. The van der Waals surface area contributed by atoms with Crippen LogP contribution in [0.4, 0.5) is 11.4 Å². The number of azo groups is 1. The molecule has 0 spiro atoms. The molecule has 2 aromatic heterocycles. The van der Waals surface area contributed by atoms with Gasteiger partial charge in [0, 0.05) is 10.6 Å². The molecule has 0 atom stereocenters. The van der Waals surface area contributed by atoms with Crippen LogP contribution < -0.4 is 5.56 Å². The van der Waals surface area contributed by atoms with Gasteiger partial charge >= 0.3 is 0 Å². The minimum Gasteiger partial charge on any atom is -0.493 e. The van der Waals surface area contributed by atoms with Gasteiger partial charge in [0.15, 0.2) is 5.69 Å². The molecule has 0 aliphatic heterocycles. The molecule has 0 saturated heterocycles. The summed E-state index contributed by atoms with van der Waals surface area (Å²) in [6.45, 7) is 3.29. The summed E-state index contributed by atoms with van der Waals surface area (Å²) in [5, 5.41) is 28.4. The monoisotopic (exact) mass is 382 g/mol. The summed E-state index contributed by atoms with van der Waals surface area (Å²) in [5.41, 5.74) is 0.817. The van der Waals surface area contributed by atoms with Crippen LogP contribution in [0.15, 0.2) is 56.0 Å². The number of benzene rings is 1. The maximum atomic E-state index is 12.9. The molecule has 0 aliphatic carbocycles. The van der Waals surface area contributed by atoms with Gasteiger partial charge < -0.3 is 9.52 Å². The third-order valence-electron chi connectivity index (χ3n) is 4.16. The number of furan rings is 1. The zero-order chi connectivity index (χ0) is 19.6. The summed E-state index contributed by atoms with van der Waals surface area (Å²) in [6, 6.07) is 10.4. The Kier molecular flexibility index (Phi) is 5.10. The van der Waals surface area contributed by atoms with E-state index < -0.39 is 11.4 Å². The van der Waals surface area contributed by atoms with Gasteiger partial charge in [-0.1, -0.05) is 17.7 Å². The van der Waals surface area contributed by atoms with E-state index in [0.29, 0.717) is 16.5 Å². The van der Waals surface area contributed by atoms with Gasteiger partial charge in [-0.15, -0.1) is 5.11 Å². The van der Waals surface area contributed by atoms with Gasteiger partial charge in [0.25, 0.3) is 5.56 Å². The number of hydrogen-bond donors (Lipinski definition) is 1. The smallest absolute Gasteiger partial charge is 0.281 e. The molecular weight excluding hydrogens is 368 g/mol. The number of nitrogens with zero attached hydrogens (tertiary/aromatic N) is 4. The van der Waals surface area contributed by atoms with Crippen molar-refractivity contribution in [3.05, 3.63) is 74.4 Å². The highest BCUT2D eigenvalue weighted by Gasteiger charge is 2.20. The van der Waals surface area contributed by atoms with Crippen molar-refractivity contribution >= 4 is 23.0 Å². The Morgan fingerprint density at radius 2 is 2.00 bits per heavy atom. The van der Waals surface area contributed by atoms with Gasteiger partial charge in [-0.2, -0.15) is 10.4 Å². The summed E-state index contributed by atoms with van der Waals surface area (Å²) in [5.74, 6) is 0.0167. The Hall–Kier alpha value is -3.37. The second-order valence-electron chi connectivity index (χ2n) is 5.84. The van der Waals surface area contributed by atoms with E-state index in [2.05, 4.69) is 10.2 Å². The zero-order valence-corrected chi connectivity index (χ0v) is 15.4. The Balaban J connectivity index is 2.15. The molecular formula is C19H15ClN4O3. The Bertz CT molecular complexity index is 1130. The number of rotatable bonds is 4. The van der Waals surface area contributed by atoms with Gasteiger partial charge in [-0.3, -0.25) is 9.36 Å². The largest absolute Gasteiger partial charge is 0.493 e. The van der Waals surface area contributed by atoms with Crippen molar-refractivity contribution in [3.8, 4) is 11.9 Å². The molecule has 27 heavy (non-hydrogen) atoms. The third kappa shape index (κ3) is 3.48. The van der Waals surface area contributed by atoms with E-state index >= 15 is 0 Å². The molecule has 7 nitrogen and oxygen atoms in total. The van der Waals surface area contributed by atoms with E-state index in [1.807, 2.05) is 6.07 Å². The average molecular weight is 383 g/mol. The first-order chi connectivity index (χ1) is 12.9. The highest BCUT2D eigenvalue weighted by molar-refractivity contribution is 6.31. The van der Waals surface area contributed by atoms with Gasteiger partial charge in [0.1, 0.15) is 17.4 Å². The number of nitriles is 1. The lowest BCUT2D eigenvalue weighted by molar-refractivity contribution is 0.397. The summed E-state index contributed by atoms with van der Waals surface area (Å²) >= 11 is 6.08. The van der Waals surface area contributed by atoms with Crippen molar-refractivity contribution in [2.75, 3.05) is 0 Å². The SMILES string of the molecule is Cc1c(Cl)cccc1N=Nc1c(C)c(C#N)c(O)n(Cc2ccco2)c1=O. The van der Waals surface area contributed by atoms with Crippen LogP contribution in [-0.2, 0) is 6.54 Å². The second kappa shape index (κ2) is 7.48. The summed E-state index contributed by atoms with van der Waals surface area (Å²) in [4.78, 5) is 12.9. The summed E-state index contributed by atoms with van der Waals surface area (Å²) in [6.07, 6.45) is 1.46.